The molecule has 14 nitrogen and oxygen atoms in total. The molecule has 2 bridgehead atoms. The number of aromatic nitrogens is 1. The quantitative estimate of drug-likeness (QED) is 0.135. The van der Waals surface area contributed by atoms with Gasteiger partial charge in [-0.05, 0) is 145 Å². The summed E-state index contributed by atoms with van der Waals surface area (Å²) < 4.78 is 24.4. The van der Waals surface area contributed by atoms with Crippen molar-refractivity contribution in [2.24, 2.45) is 41.4 Å². The van der Waals surface area contributed by atoms with Crippen molar-refractivity contribution in [3.63, 3.8) is 0 Å². The standard InChI is InChI=1S/C57H87N3O11/c1-35-18-13-12-14-19-37(3)47(59(9)45-21-17-28-58-54(45)64)34-44-26-24-42(8)57(67,71-44)53(63)55(65)60-29-16-15-20-46(60)56(66)70-48(39(5)32-43-25-23-38(4)49(33-43)68-10)27-22-36(2)31-41(7)51(62)52(69-11)50(61)40(6)30-35/h12-14,17-19,21,28,31,35-36,38-40,42-44,46-49,51-52,62,67H,15-16,20,22-27,29-30,32-34H2,1-11H3,(H,58,64)/b14-12+,18-13+,37-19+,41-31+/t35-,36+,38-,39-,40?,42?,43?,44+,46?,47-,48+,49?,51?,52+,57?/m1/s1. The number of esters is 1. The van der Waals surface area contributed by atoms with Gasteiger partial charge in [0.15, 0.2) is 5.78 Å². The monoisotopic (exact) mass is 990 g/mol. The number of piperidine rings is 1. The van der Waals surface area contributed by atoms with E-state index >= 15 is 0 Å². The van der Waals surface area contributed by atoms with Crippen LogP contribution in [0.4, 0.5) is 5.69 Å². The molecule has 1 aromatic rings. The molecule has 3 N–H and O–H groups in total. The number of ketones is 2. The molecule has 14 heteroatoms. The number of ether oxygens (including phenoxy) is 4. The lowest BCUT2D eigenvalue weighted by Crippen LogP contribution is -2.61. The van der Waals surface area contributed by atoms with Crippen LogP contribution >= 0.6 is 0 Å². The molecule has 0 spiro atoms. The summed E-state index contributed by atoms with van der Waals surface area (Å²) in [5.41, 5.74) is 1.64. The zero-order valence-electron chi connectivity index (χ0n) is 44.6. The molecular weight excluding hydrogens is 903 g/mol. The van der Waals surface area contributed by atoms with E-state index in [1.165, 1.54) is 12.0 Å². The van der Waals surface area contributed by atoms with Gasteiger partial charge in [-0.15, -0.1) is 0 Å². The Hall–Kier alpha value is -4.21. The number of pyridine rings is 1. The number of likely N-dealkylation sites (N-methyl/N-ethyl adjacent to an activating group) is 1. The van der Waals surface area contributed by atoms with Crippen LogP contribution in [0.5, 0.6) is 0 Å². The predicted octanol–water partition coefficient (Wildman–Crippen LogP) is 8.46. The van der Waals surface area contributed by atoms with E-state index in [0.717, 1.165) is 31.3 Å². The fraction of sp³-hybridized carbons (Fsp3) is 0.702. The van der Waals surface area contributed by atoms with Crippen LogP contribution in [0, 0.1) is 41.4 Å². The summed E-state index contributed by atoms with van der Waals surface area (Å²) in [5.74, 6) is -5.63. The minimum absolute atomic E-state index is 0.0298. The number of amides is 1. The largest absolute Gasteiger partial charge is 0.461 e. The molecule has 4 heterocycles. The summed E-state index contributed by atoms with van der Waals surface area (Å²) in [6.07, 6.45) is 18.2. The van der Waals surface area contributed by atoms with Crippen LogP contribution in [0.15, 0.2) is 70.7 Å². The van der Waals surface area contributed by atoms with Gasteiger partial charge < -0.3 is 43.9 Å². The molecule has 1 amide bonds. The number of anilines is 1. The van der Waals surface area contributed by atoms with Gasteiger partial charge in [-0.3, -0.25) is 19.2 Å². The molecule has 7 unspecified atom stereocenters. The summed E-state index contributed by atoms with van der Waals surface area (Å²) >= 11 is 0. The van der Waals surface area contributed by atoms with Crippen LogP contribution in [0.3, 0.4) is 0 Å². The van der Waals surface area contributed by atoms with E-state index in [1.54, 1.807) is 32.4 Å². The number of carbonyl (C=O) groups excluding carboxylic acids is 4. The van der Waals surface area contributed by atoms with Gasteiger partial charge in [0.2, 0.25) is 5.79 Å². The van der Waals surface area contributed by atoms with E-state index in [1.807, 2.05) is 83.0 Å². The number of allylic oxidation sites excluding steroid dienone is 6. The van der Waals surface area contributed by atoms with Crippen LogP contribution in [0.2, 0.25) is 0 Å². The van der Waals surface area contributed by atoms with Gasteiger partial charge in [0, 0.05) is 45.8 Å². The van der Waals surface area contributed by atoms with Crippen molar-refractivity contribution >= 4 is 29.1 Å². The van der Waals surface area contributed by atoms with Gasteiger partial charge in [-0.2, -0.15) is 0 Å². The van der Waals surface area contributed by atoms with Gasteiger partial charge in [-0.25, -0.2) is 4.79 Å². The number of hydrogen-bond acceptors (Lipinski definition) is 12. The number of nitrogens with zero attached hydrogens (tertiary/aromatic N) is 2. The number of methoxy groups -OCH3 is 2. The van der Waals surface area contributed by atoms with E-state index in [4.69, 9.17) is 18.9 Å². The van der Waals surface area contributed by atoms with E-state index in [-0.39, 0.29) is 48.2 Å². The number of nitrogens with one attached hydrogen (secondary N) is 1. The predicted molar refractivity (Wildman–Crippen MR) is 276 cm³/mol. The number of Topliss-reactive ketones (excluding diaryl/α,β-unsaturated/α-hetero) is 2. The Labute approximate surface area is 423 Å². The lowest BCUT2D eigenvalue weighted by molar-refractivity contribution is -0.263. The number of cyclic esters (lactones) is 1. The smallest absolute Gasteiger partial charge is 0.329 e. The fourth-order valence-electron chi connectivity index (χ4n) is 11.6. The molecule has 3 fully saturated rings. The molecule has 1 saturated carbocycles. The molecule has 71 heavy (non-hydrogen) atoms. The van der Waals surface area contributed by atoms with Crippen molar-refractivity contribution in [3.8, 4) is 0 Å². The van der Waals surface area contributed by atoms with E-state index in [2.05, 4.69) is 18.8 Å². The first-order valence-electron chi connectivity index (χ1n) is 26.5. The highest BCUT2D eigenvalue weighted by Gasteiger charge is 2.53. The minimum atomic E-state index is -2.45. The molecule has 1 aliphatic carbocycles. The highest BCUT2D eigenvalue weighted by molar-refractivity contribution is 6.39. The van der Waals surface area contributed by atoms with Gasteiger partial charge in [0.05, 0.1) is 18.2 Å². The Morgan fingerprint density at radius 1 is 0.873 bits per heavy atom. The van der Waals surface area contributed by atoms with E-state index in [0.29, 0.717) is 74.5 Å². The summed E-state index contributed by atoms with van der Waals surface area (Å²) in [4.78, 5) is 76.4. The average molecular weight is 990 g/mol. The second-order valence-electron chi connectivity index (χ2n) is 21.9. The molecule has 3 aliphatic heterocycles. The lowest BCUT2D eigenvalue weighted by atomic mass is 9.76. The maximum atomic E-state index is 14.6. The Balaban J connectivity index is 1.50. The van der Waals surface area contributed by atoms with Crippen molar-refractivity contribution in [3.05, 3.63) is 76.3 Å². The normalized spacial score (nSPS) is 37.9. The number of aromatic amines is 1. The Morgan fingerprint density at radius 3 is 2.32 bits per heavy atom. The zero-order chi connectivity index (χ0) is 52.2. The fourth-order valence-corrected chi connectivity index (χ4v) is 11.6. The molecule has 5 rings (SSSR count). The molecule has 2 saturated heterocycles. The van der Waals surface area contributed by atoms with Gasteiger partial charge in [0.25, 0.3) is 17.2 Å². The van der Waals surface area contributed by atoms with Crippen LogP contribution < -0.4 is 10.5 Å². The average Bonchev–Trinajstić information content (AvgIpc) is 3.35. The topological polar surface area (TPSA) is 185 Å². The number of aliphatic hydroxyl groups is 2. The Bertz CT molecular complexity index is 2130. The molecule has 4 aliphatic rings. The maximum absolute atomic E-state index is 14.6. The van der Waals surface area contributed by atoms with Crippen LogP contribution in [-0.2, 0) is 38.1 Å². The first-order chi connectivity index (χ1) is 33.7. The number of rotatable bonds is 7. The summed E-state index contributed by atoms with van der Waals surface area (Å²) in [7, 11) is 5.03. The SMILES string of the molecule is COC1CC(C[C@@H](C)[C@@H]2CC[C@H](C)/C=C(\C)C(O)[C@@H](OC)C(=O)C(C)C[C@H](C)/C=C/C=C/C=C(\C)[C@H](N(C)c3ccc[nH]c3=O)C[C@@H]3CCC(C)C(O)(O3)C(=O)C(=O)N3CCCCC3C(=O)O2)CC[C@H]1C. The molecule has 396 valence electrons. The summed E-state index contributed by atoms with van der Waals surface area (Å²) in [6, 6.07) is 2.02. The third kappa shape index (κ3) is 15.0. The second-order valence-corrected chi connectivity index (χ2v) is 21.9. The van der Waals surface area contributed by atoms with Crippen molar-refractivity contribution in [1.82, 2.24) is 9.88 Å². The highest BCUT2D eigenvalue weighted by atomic mass is 16.6. The van der Waals surface area contributed by atoms with Gasteiger partial charge >= 0.3 is 5.97 Å². The molecule has 15 atom stereocenters. The third-order valence-corrected chi connectivity index (χ3v) is 16.3. The summed E-state index contributed by atoms with van der Waals surface area (Å²) in [6.45, 7) is 15.9. The maximum Gasteiger partial charge on any atom is 0.329 e. The lowest BCUT2D eigenvalue weighted by Gasteiger charge is -2.43. The van der Waals surface area contributed by atoms with Crippen molar-refractivity contribution in [1.29, 1.82) is 0 Å². The molecular formula is C57H87N3O11. The van der Waals surface area contributed by atoms with Crippen molar-refractivity contribution in [2.45, 2.75) is 187 Å². The number of H-pyrrole nitrogens is 1. The van der Waals surface area contributed by atoms with Gasteiger partial charge in [-0.1, -0.05) is 83.6 Å². The van der Waals surface area contributed by atoms with Crippen molar-refractivity contribution < 1.29 is 48.3 Å². The van der Waals surface area contributed by atoms with E-state index < -0.39 is 71.8 Å². The zero-order valence-corrected chi connectivity index (χ0v) is 44.6. The first-order valence-corrected chi connectivity index (χ1v) is 26.5. The number of fused-ring (bicyclic) bond motifs is 3. The Kier molecular flexibility index (Phi) is 21.7. The van der Waals surface area contributed by atoms with Crippen molar-refractivity contribution in [2.75, 3.05) is 32.7 Å². The van der Waals surface area contributed by atoms with Crippen LogP contribution in [0.1, 0.15) is 139 Å². The Morgan fingerprint density at radius 2 is 1.62 bits per heavy atom. The first kappa shape index (κ1) is 57.7. The molecule has 0 aromatic carbocycles. The van der Waals surface area contributed by atoms with Gasteiger partial charge in [0.1, 0.15) is 30.0 Å². The number of aliphatic hydroxyl groups excluding tert-OH is 1. The highest BCUT2D eigenvalue weighted by Crippen LogP contribution is 2.39. The summed E-state index contributed by atoms with van der Waals surface area (Å²) in [5, 5.41) is 23.8. The molecule has 1 aromatic heterocycles. The third-order valence-electron chi connectivity index (χ3n) is 16.3. The number of carbonyl (C=O) groups is 4. The second kappa shape index (κ2) is 26.7. The number of hydrogen-bond donors (Lipinski definition) is 3. The minimum Gasteiger partial charge on any atom is -0.461 e. The van der Waals surface area contributed by atoms with Crippen LogP contribution in [0.25, 0.3) is 0 Å². The molecule has 0 radical (unpaired) electrons. The van der Waals surface area contributed by atoms with E-state index in [9.17, 15) is 34.2 Å². The van der Waals surface area contributed by atoms with Crippen LogP contribution in [-0.4, -0.2) is 120 Å².